The van der Waals surface area contributed by atoms with E-state index < -0.39 is 27.5 Å². The van der Waals surface area contributed by atoms with Crippen molar-refractivity contribution in [3.05, 3.63) is 30.3 Å². The van der Waals surface area contributed by atoms with Gasteiger partial charge in [-0.25, -0.2) is 13.2 Å². The number of amides is 3. The number of hydrogen-bond acceptors (Lipinski definition) is 4. The number of rotatable bonds is 4. The van der Waals surface area contributed by atoms with E-state index in [-0.39, 0.29) is 10.4 Å². The summed E-state index contributed by atoms with van der Waals surface area (Å²) in [6, 6.07) is 7.23. The van der Waals surface area contributed by atoms with Gasteiger partial charge in [-0.2, -0.15) is 0 Å². The summed E-state index contributed by atoms with van der Waals surface area (Å²) in [4.78, 5) is 24.5. The molecule has 4 bridgehead atoms. The monoisotopic (exact) mass is 376 g/mol. The third-order valence-electron chi connectivity index (χ3n) is 6.09. The second kappa shape index (κ2) is 6.37. The second-order valence-corrected chi connectivity index (χ2v) is 10.3. The molecule has 0 aliphatic heterocycles. The van der Waals surface area contributed by atoms with Crippen LogP contribution in [0.25, 0.3) is 0 Å². The first-order chi connectivity index (χ1) is 12.3. The summed E-state index contributed by atoms with van der Waals surface area (Å²) in [5.74, 6) is 0.504. The lowest BCUT2D eigenvalue weighted by atomic mass is 9.53. The highest BCUT2D eigenvalue weighted by Gasteiger charge is 2.51. The van der Waals surface area contributed by atoms with Crippen molar-refractivity contribution < 1.29 is 18.0 Å². The Balaban J connectivity index is 1.36. The first-order valence-electron chi connectivity index (χ1n) is 9.23. The van der Waals surface area contributed by atoms with Gasteiger partial charge in [0.25, 0.3) is 0 Å². The standard InChI is InChI=1S/C19H24N2O4S/c22-17(12-26(24,25)16-4-2-1-3-5-16)20-18(23)21-19-9-13-6-14(10-19)8-15(7-13)11-19/h1-5,13-15H,6-12H2,(H2,20,21,22,23). The molecule has 1 aromatic carbocycles. The van der Waals surface area contributed by atoms with Gasteiger partial charge in [0.05, 0.1) is 4.90 Å². The number of carbonyl (C=O) groups is 2. The number of imide groups is 1. The molecule has 2 N–H and O–H groups in total. The Morgan fingerprint density at radius 1 is 0.962 bits per heavy atom. The predicted molar refractivity (Wildman–Crippen MR) is 96.1 cm³/mol. The summed E-state index contributed by atoms with van der Waals surface area (Å²) in [6.45, 7) is 0. The highest BCUT2D eigenvalue weighted by atomic mass is 32.2. The molecule has 4 saturated carbocycles. The Bertz CT molecular complexity index is 784. The van der Waals surface area contributed by atoms with E-state index in [9.17, 15) is 18.0 Å². The summed E-state index contributed by atoms with van der Waals surface area (Å²) in [5.41, 5.74) is -0.211. The second-order valence-electron chi connectivity index (χ2n) is 8.27. The van der Waals surface area contributed by atoms with E-state index in [0.29, 0.717) is 17.8 Å². The third kappa shape index (κ3) is 3.49. The van der Waals surface area contributed by atoms with E-state index in [0.717, 1.165) is 19.3 Å². The first-order valence-corrected chi connectivity index (χ1v) is 10.9. The molecule has 4 fully saturated rings. The number of benzene rings is 1. The van der Waals surface area contributed by atoms with Crippen LogP contribution in [0.1, 0.15) is 38.5 Å². The summed E-state index contributed by atoms with van der Waals surface area (Å²) in [6.07, 6.45) is 6.71. The minimum Gasteiger partial charge on any atom is -0.332 e. The highest BCUT2D eigenvalue weighted by molar-refractivity contribution is 7.92. The summed E-state index contributed by atoms with van der Waals surface area (Å²) in [7, 11) is -3.75. The van der Waals surface area contributed by atoms with Crippen LogP contribution in [0.3, 0.4) is 0 Å². The molecule has 0 heterocycles. The van der Waals surface area contributed by atoms with Crippen LogP contribution in [0, 0.1) is 17.8 Å². The predicted octanol–water partition coefficient (Wildman–Crippen LogP) is 2.25. The van der Waals surface area contributed by atoms with E-state index >= 15 is 0 Å². The summed E-state index contributed by atoms with van der Waals surface area (Å²) < 4.78 is 24.5. The van der Waals surface area contributed by atoms with Gasteiger partial charge < -0.3 is 5.32 Å². The van der Waals surface area contributed by atoms with E-state index in [2.05, 4.69) is 10.6 Å². The van der Waals surface area contributed by atoms with Crippen LogP contribution in [0.5, 0.6) is 0 Å². The number of urea groups is 1. The Morgan fingerprint density at radius 2 is 1.50 bits per heavy atom. The van der Waals surface area contributed by atoms with Gasteiger partial charge in [-0.05, 0) is 68.4 Å². The third-order valence-corrected chi connectivity index (χ3v) is 7.73. The molecule has 3 amide bonds. The molecule has 0 radical (unpaired) electrons. The normalized spacial score (nSPS) is 32.2. The summed E-state index contributed by atoms with van der Waals surface area (Å²) in [5, 5.41) is 5.23. The number of carbonyl (C=O) groups excluding carboxylic acids is 2. The molecule has 1 aromatic rings. The molecular weight excluding hydrogens is 352 g/mol. The van der Waals surface area contributed by atoms with Crippen molar-refractivity contribution >= 4 is 21.8 Å². The molecule has 26 heavy (non-hydrogen) atoms. The van der Waals surface area contributed by atoms with E-state index in [1.165, 1.54) is 31.4 Å². The molecular formula is C19H24N2O4S. The van der Waals surface area contributed by atoms with Crippen molar-refractivity contribution in [2.24, 2.45) is 17.8 Å². The fraction of sp³-hybridized carbons (Fsp3) is 0.579. The zero-order valence-corrected chi connectivity index (χ0v) is 15.4. The molecule has 140 valence electrons. The van der Waals surface area contributed by atoms with Gasteiger partial charge in [-0.15, -0.1) is 0 Å². The van der Waals surface area contributed by atoms with Crippen LogP contribution in [0.15, 0.2) is 35.2 Å². The largest absolute Gasteiger partial charge is 0.332 e. The molecule has 5 rings (SSSR count). The Hall–Kier alpha value is -1.89. The van der Waals surface area contributed by atoms with Crippen LogP contribution >= 0.6 is 0 Å². The fourth-order valence-electron chi connectivity index (χ4n) is 5.58. The first kappa shape index (κ1) is 17.5. The van der Waals surface area contributed by atoms with Crippen molar-refractivity contribution in [2.75, 3.05) is 5.75 Å². The maximum absolute atomic E-state index is 12.3. The van der Waals surface area contributed by atoms with Crippen LogP contribution in [-0.2, 0) is 14.6 Å². The van der Waals surface area contributed by atoms with Crippen molar-refractivity contribution in [1.82, 2.24) is 10.6 Å². The molecule has 0 saturated heterocycles. The highest BCUT2D eigenvalue weighted by Crippen LogP contribution is 2.55. The van der Waals surface area contributed by atoms with Crippen LogP contribution in [0.2, 0.25) is 0 Å². The Kier molecular flexibility index (Phi) is 4.29. The number of nitrogens with one attached hydrogen (secondary N) is 2. The SMILES string of the molecule is O=C(CS(=O)(=O)c1ccccc1)NC(=O)NC12CC3CC(CC(C3)C1)C2. The lowest BCUT2D eigenvalue weighted by molar-refractivity contribution is -0.117. The maximum Gasteiger partial charge on any atom is 0.321 e. The molecule has 0 aromatic heterocycles. The molecule has 0 spiro atoms. The fourth-order valence-corrected chi connectivity index (χ4v) is 6.74. The van der Waals surface area contributed by atoms with Crippen molar-refractivity contribution in [2.45, 2.75) is 49.0 Å². The van der Waals surface area contributed by atoms with Gasteiger partial charge in [0, 0.05) is 5.54 Å². The number of hydrogen-bond donors (Lipinski definition) is 2. The molecule has 0 unspecified atom stereocenters. The maximum atomic E-state index is 12.3. The van der Waals surface area contributed by atoms with E-state index in [4.69, 9.17) is 0 Å². The van der Waals surface area contributed by atoms with Crippen LogP contribution < -0.4 is 10.6 Å². The quantitative estimate of drug-likeness (QED) is 0.843. The molecule has 4 aliphatic carbocycles. The molecule has 6 nitrogen and oxygen atoms in total. The average molecular weight is 376 g/mol. The Morgan fingerprint density at radius 3 is 2.04 bits per heavy atom. The van der Waals surface area contributed by atoms with E-state index in [1.807, 2.05) is 0 Å². The zero-order chi connectivity index (χ0) is 18.4. The lowest BCUT2D eigenvalue weighted by Crippen LogP contribution is -2.62. The van der Waals surface area contributed by atoms with Crippen molar-refractivity contribution in [3.63, 3.8) is 0 Å². The van der Waals surface area contributed by atoms with Crippen molar-refractivity contribution in [1.29, 1.82) is 0 Å². The minimum atomic E-state index is -3.75. The average Bonchev–Trinajstić information content (AvgIpc) is 2.52. The van der Waals surface area contributed by atoms with Gasteiger partial charge in [-0.3, -0.25) is 10.1 Å². The molecule has 0 atom stereocenters. The van der Waals surface area contributed by atoms with Gasteiger partial charge in [0.1, 0.15) is 5.75 Å². The van der Waals surface area contributed by atoms with Crippen molar-refractivity contribution in [3.8, 4) is 0 Å². The minimum absolute atomic E-state index is 0.0802. The van der Waals surface area contributed by atoms with Gasteiger partial charge >= 0.3 is 6.03 Å². The lowest BCUT2D eigenvalue weighted by Gasteiger charge is -2.56. The van der Waals surface area contributed by atoms with Crippen LogP contribution in [-0.4, -0.2) is 31.6 Å². The van der Waals surface area contributed by atoms with Gasteiger partial charge in [0.15, 0.2) is 9.84 Å². The Labute approximate surface area is 153 Å². The topological polar surface area (TPSA) is 92.3 Å². The van der Waals surface area contributed by atoms with Crippen LogP contribution in [0.4, 0.5) is 4.79 Å². The summed E-state index contributed by atoms with van der Waals surface area (Å²) >= 11 is 0. The smallest absolute Gasteiger partial charge is 0.321 e. The van der Waals surface area contributed by atoms with E-state index in [1.54, 1.807) is 18.2 Å². The van der Waals surface area contributed by atoms with Gasteiger partial charge in [0.2, 0.25) is 5.91 Å². The molecule has 4 aliphatic rings. The number of sulfone groups is 1. The molecule has 7 heteroatoms. The zero-order valence-electron chi connectivity index (χ0n) is 14.6. The van der Waals surface area contributed by atoms with Gasteiger partial charge in [-0.1, -0.05) is 18.2 Å².